The summed E-state index contributed by atoms with van der Waals surface area (Å²) in [6.45, 7) is 5.90. The Labute approximate surface area is 181 Å². The van der Waals surface area contributed by atoms with Gasteiger partial charge in [0.05, 0.1) is 17.4 Å². The van der Waals surface area contributed by atoms with Crippen molar-refractivity contribution in [2.24, 2.45) is 0 Å². The van der Waals surface area contributed by atoms with Gasteiger partial charge in [-0.15, -0.1) is 11.8 Å². The first-order valence-corrected chi connectivity index (χ1v) is 10.7. The maximum atomic E-state index is 12.8. The molecule has 0 spiro atoms. The molecule has 1 N–H and O–H groups in total. The van der Waals surface area contributed by atoms with E-state index in [9.17, 15) is 14.4 Å². The molecule has 30 heavy (non-hydrogen) atoms. The topological polar surface area (TPSA) is 75.7 Å². The minimum absolute atomic E-state index is 0.0910. The Balaban J connectivity index is 1.56. The monoisotopic (exact) mass is 426 g/mol. The molecule has 0 fully saturated rings. The first kappa shape index (κ1) is 21.9. The van der Waals surface area contributed by atoms with Gasteiger partial charge in [0.1, 0.15) is 0 Å². The molecule has 1 aliphatic heterocycles. The zero-order valence-electron chi connectivity index (χ0n) is 17.4. The van der Waals surface area contributed by atoms with Crippen molar-refractivity contribution in [2.75, 3.05) is 11.9 Å². The third-order valence-electron chi connectivity index (χ3n) is 4.71. The summed E-state index contributed by atoms with van der Waals surface area (Å²) in [4.78, 5) is 40.0. The molecule has 158 valence electrons. The van der Waals surface area contributed by atoms with Crippen LogP contribution in [0.2, 0.25) is 0 Å². The van der Waals surface area contributed by atoms with Gasteiger partial charge >= 0.3 is 5.97 Å². The van der Waals surface area contributed by atoms with Gasteiger partial charge in [0.15, 0.2) is 6.61 Å². The molecular weight excluding hydrogens is 400 g/mol. The summed E-state index contributed by atoms with van der Waals surface area (Å²) in [5.41, 5.74) is 1.32. The number of carbonyl (C=O) groups excluding carboxylic acids is 3. The van der Waals surface area contributed by atoms with Crippen LogP contribution in [0.1, 0.15) is 32.8 Å². The van der Waals surface area contributed by atoms with Gasteiger partial charge in [-0.2, -0.15) is 0 Å². The van der Waals surface area contributed by atoms with E-state index in [-0.39, 0.29) is 24.8 Å². The molecule has 2 aromatic rings. The third kappa shape index (κ3) is 5.63. The highest BCUT2D eigenvalue weighted by atomic mass is 32.2. The Morgan fingerprint density at radius 3 is 2.43 bits per heavy atom. The molecule has 1 aliphatic rings. The van der Waals surface area contributed by atoms with Gasteiger partial charge in [-0.1, -0.05) is 42.5 Å². The van der Waals surface area contributed by atoms with E-state index in [0.717, 1.165) is 16.1 Å². The fraction of sp³-hybridized carbons (Fsp3) is 0.348. The molecule has 0 aromatic heterocycles. The Morgan fingerprint density at radius 2 is 1.73 bits per heavy atom. The molecule has 2 aromatic carbocycles. The quantitative estimate of drug-likeness (QED) is 0.710. The van der Waals surface area contributed by atoms with E-state index in [1.54, 1.807) is 4.90 Å². The van der Waals surface area contributed by atoms with Crippen molar-refractivity contribution in [3.05, 3.63) is 60.2 Å². The molecule has 0 saturated heterocycles. The van der Waals surface area contributed by atoms with E-state index in [2.05, 4.69) is 5.32 Å². The molecule has 0 aliphatic carbocycles. The highest BCUT2D eigenvalue weighted by Crippen LogP contribution is 2.36. The average molecular weight is 427 g/mol. The molecule has 0 unspecified atom stereocenters. The number of fused-ring (bicyclic) bond motifs is 1. The van der Waals surface area contributed by atoms with Crippen molar-refractivity contribution in [1.82, 2.24) is 4.90 Å². The number of nitrogens with one attached hydrogen (secondary N) is 1. The van der Waals surface area contributed by atoms with Gasteiger partial charge in [0.2, 0.25) is 5.91 Å². The third-order valence-corrected chi connectivity index (χ3v) is 5.98. The smallest absolute Gasteiger partial charge is 0.307 e. The van der Waals surface area contributed by atoms with E-state index in [0.29, 0.717) is 6.54 Å². The zero-order valence-corrected chi connectivity index (χ0v) is 18.2. The molecule has 0 radical (unpaired) electrons. The molecular formula is C23H26N2O4S. The van der Waals surface area contributed by atoms with Crippen molar-refractivity contribution in [2.45, 2.75) is 49.4 Å². The Bertz CT molecular complexity index is 924. The number of carbonyl (C=O) groups is 3. The number of amides is 2. The van der Waals surface area contributed by atoms with E-state index in [4.69, 9.17) is 4.74 Å². The Hall–Kier alpha value is -2.80. The second kappa shape index (κ2) is 9.34. The van der Waals surface area contributed by atoms with Crippen LogP contribution in [0.25, 0.3) is 0 Å². The van der Waals surface area contributed by atoms with Crippen LogP contribution in [0.3, 0.4) is 0 Å². The number of esters is 1. The summed E-state index contributed by atoms with van der Waals surface area (Å²) < 4.78 is 5.23. The molecule has 0 bridgehead atoms. The Morgan fingerprint density at radius 1 is 1.07 bits per heavy atom. The van der Waals surface area contributed by atoms with Crippen LogP contribution in [-0.2, 0) is 25.7 Å². The molecule has 3 rings (SSSR count). The lowest BCUT2D eigenvalue weighted by atomic mass is 10.0. The summed E-state index contributed by atoms with van der Waals surface area (Å²) in [6, 6.07) is 17.1. The van der Waals surface area contributed by atoms with Gasteiger partial charge in [0, 0.05) is 17.0 Å². The number of thioether (sulfide) groups is 1. The van der Waals surface area contributed by atoms with E-state index >= 15 is 0 Å². The highest BCUT2D eigenvalue weighted by molar-refractivity contribution is 8.01. The van der Waals surface area contributed by atoms with Crippen LogP contribution in [-0.4, -0.2) is 40.1 Å². The minimum Gasteiger partial charge on any atom is -0.456 e. The van der Waals surface area contributed by atoms with Crippen molar-refractivity contribution in [1.29, 1.82) is 0 Å². The largest absolute Gasteiger partial charge is 0.456 e. The fourth-order valence-electron chi connectivity index (χ4n) is 3.12. The number of nitrogens with zero attached hydrogens (tertiary/aromatic N) is 1. The van der Waals surface area contributed by atoms with Crippen LogP contribution in [0, 0.1) is 0 Å². The Kier molecular flexibility index (Phi) is 6.82. The van der Waals surface area contributed by atoms with Crippen LogP contribution in [0.5, 0.6) is 0 Å². The number of hydrogen-bond donors (Lipinski definition) is 1. The van der Waals surface area contributed by atoms with Gasteiger partial charge in [0.25, 0.3) is 5.91 Å². The van der Waals surface area contributed by atoms with Crippen molar-refractivity contribution < 1.29 is 19.1 Å². The second-order valence-electron chi connectivity index (χ2n) is 8.09. The lowest BCUT2D eigenvalue weighted by Crippen LogP contribution is -2.47. The summed E-state index contributed by atoms with van der Waals surface area (Å²) in [7, 11) is 0. The van der Waals surface area contributed by atoms with Gasteiger partial charge in [-0.05, 0) is 38.5 Å². The first-order valence-electron chi connectivity index (χ1n) is 9.80. The van der Waals surface area contributed by atoms with Crippen LogP contribution >= 0.6 is 11.8 Å². The summed E-state index contributed by atoms with van der Waals surface area (Å²) in [5, 5.41) is 2.22. The lowest BCUT2D eigenvalue weighted by molar-refractivity contribution is -0.154. The maximum Gasteiger partial charge on any atom is 0.307 e. The van der Waals surface area contributed by atoms with Gasteiger partial charge in [-0.25, -0.2) is 0 Å². The van der Waals surface area contributed by atoms with Gasteiger partial charge in [-0.3, -0.25) is 14.4 Å². The zero-order chi connectivity index (χ0) is 21.7. The molecule has 1 heterocycles. The molecule has 1 atom stereocenters. The average Bonchev–Trinajstić information content (AvgIpc) is 2.71. The van der Waals surface area contributed by atoms with E-state index in [1.165, 1.54) is 11.8 Å². The number of hydrogen-bond acceptors (Lipinski definition) is 5. The fourth-order valence-corrected chi connectivity index (χ4v) is 4.22. The van der Waals surface area contributed by atoms with E-state index in [1.807, 2.05) is 75.4 Å². The van der Waals surface area contributed by atoms with Crippen molar-refractivity contribution in [3.63, 3.8) is 0 Å². The molecule has 6 nitrogen and oxygen atoms in total. The number of benzene rings is 2. The number of ether oxygens (including phenoxy) is 1. The summed E-state index contributed by atoms with van der Waals surface area (Å²) in [6.07, 6.45) is -0.0910. The van der Waals surface area contributed by atoms with E-state index < -0.39 is 16.8 Å². The standard InChI is InChI=1S/C23H26N2O4S/c1-23(2,3)25(14-16-9-5-4-6-10-16)20(26)15-29-21(27)13-19-22(28)24-17-11-7-8-12-18(17)30-19/h4-12,19H,13-15H2,1-3H3,(H,24,28)/t19-/m0/s1. The SMILES string of the molecule is CC(C)(C)N(Cc1ccccc1)C(=O)COC(=O)C[C@@H]1Sc2ccccc2NC1=O. The number of para-hydroxylation sites is 1. The van der Waals surface area contributed by atoms with Crippen molar-refractivity contribution in [3.8, 4) is 0 Å². The first-order chi connectivity index (χ1) is 14.2. The molecule has 2 amide bonds. The second-order valence-corrected chi connectivity index (χ2v) is 9.34. The van der Waals surface area contributed by atoms with Crippen LogP contribution in [0.15, 0.2) is 59.5 Å². The minimum atomic E-state index is -0.578. The van der Waals surface area contributed by atoms with Crippen LogP contribution in [0.4, 0.5) is 5.69 Å². The lowest BCUT2D eigenvalue weighted by Gasteiger charge is -2.35. The number of anilines is 1. The highest BCUT2D eigenvalue weighted by Gasteiger charge is 2.31. The van der Waals surface area contributed by atoms with Crippen molar-refractivity contribution >= 4 is 35.2 Å². The van der Waals surface area contributed by atoms with Crippen LogP contribution < -0.4 is 5.32 Å². The predicted octanol–water partition coefficient (Wildman–Crippen LogP) is 3.86. The summed E-state index contributed by atoms with van der Waals surface area (Å²) in [5.74, 6) is -1.07. The van der Waals surface area contributed by atoms with Gasteiger partial charge < -0.3 is 15.0 Å². The normalized spacial score (nSPS) is 15.7. The number of rotatable bonds is 6. The maximum absolute atomic E-state index is 12.8. The molecule has 0 saturated carbocycles. The molecule has 7 heteroatoms. The predicted molar refractivity (Wildman–Crippen MR) is 117 cm³/mol. The summed E-state index contributed by atoms with van der Waals surface area (Å²) >= 11 is 1.33.